The van der Waals surface area contributed by atoms with Crippen LogP contribution in [0.15, 0.2) is 78.9 Å². The number of hydrogen-bond acceptors (Lipinski definition) is 5. The number of amides is 1. The number of alkyl halides is 3. The van der Waals surface area contributed by atoms with Gasteiger partial charge in [0, 0.05) is 29.8 Å². The van der Waals surface area contributed by atoms with E-state index in [-0.39, 0.29) is 5.91 Å². The number of aromatic nitrogens is 2. The van der Waals surface area contributed by atoms with E-state index in [0.29, 0.717) is 42.4 Å². The molecule has 274 valence electrons. The van der Waals surface area contributed by atoms with Crippen LogP contribution in [0, 0.1) is 0 Å². The smallest absolute Gasteiger partial charge is 0.411 e. The van der Waals surface area contributed by atoms with Crippen LogP contribution in [0.1, 0.15) is 103 Å². The lowest BCUT2D eigenvalue weighted by atomic mass is 9.93. The molecule has 0 aliphatic heterocycles. The van der Waals surface area contributed by atoms with Crippen LogP contribution in [0.5, 0.6) is 17.2 Å². The average Bonchev–Trinajstić information content (AvgIpc) is 3.43. The lowest BCUT2D eigenvalue weighted by Crippen LogP contribution is -2.42. The van der Waals surface area contributed by atoms with E-state index in [2.05, 4.69) is 23.4 Å². The highest BCUT2D eigenvalue weighted by Gasteiger charge is 2.28. The predicted molar refractivity (Wildman–Crippen MR) is 199 cm³/mol. The molecule has 0 radical (unpaired) electrons. The number of ether oxygens (including phenoxy) is 2. The van der Waals surface area contributed by atoms with Crippen molar-refractivity contribution in [1.29, 1.82) is 0 Å². The van der Waals surface area contributed by atoms with Gasteiger partial charge >= 0.3 is 6.18 Å². The number of carbonyl (C=O) groups is 1. The van der Waals surface area contributed by atoms with Gasteiger partial charge in [-0.1, -0.05) is 84.7 Å². The van der Waals surface area contributed by atoms with Crippen LogP contribution in [0.3, 0.4) is 0 Å². The Kier molecular flexibility index (Phi) is 17.4. The summed E-state index contributed by atoms with van der Waals surface area (Å²) in [5.41, 5.74) is 8.99. The van der Waals surface area contributed by atoms with E-state index < -0.39 is 11.7 Å². The van der Waals surface area contributed by atoms with Crippen LogP contribution < -0.4 is 15.2 Å². The first-order valence-electron chi connectivity index (χ1n) is 17.8. The maximum atomic E-state index is 13.6. The number of imidazole rings is 1. The summed E-state index contributed by atoms with van der Waals surface area (Å²) in [6.45, 7) is 17.6. The molecule has 0 saturated heterocycles. The fraction of sp³-hybridized carbons (Fsp3) is 0.450. The summed E-state index contributed by atoms with van der Waals surface area (Å²) >= 11 is 0. The first-order valence-corrected chi connectivity index (χ1v) is 17.8. The highest BCUT2D eigenvalue weighted by atomic mass is 19.4. The second-order valence-corrected chi connectivity index (χ2v) is 11.5. The molecule has 1 saturated carbocycles. The maximum Gasteiger partial charge on any atom is 0.411 e. The zero-order valence-electron chi connectivity index (χ0n) is 30.8. The number of nitrogens with two attached hydrogens (primary N) is 1. The van der Waals surface area contributed by atoms with E-state index >= 15 is 0 Å². The summed E-state index contributed by atoms with van der Waals surface area (Å²) in [5, 5.41) is 0. The molecule has 3 aromatic carbocycles. The normalized spacial score (nSPS) is 12.7. The Hall–Kier alpha value is -4.47. The zero-order chi connectivity index (χ0) is 37.3. The third kappa shape index (κ3) is 11.8. The van der Waals surface area contributed by atoms with E-state index in [1.165, 1.54) is 19.3 Å². The number of allylic oxidation sites excluding steroid dienone is 1. The van der Waals surface area contributed by atoms with Crippen LogP contribution in [-0.2, 0) is 6.54 Å². The Balaban J connectivity index is 0.000000695. The Bertz CT molecular complexity index is 1630. The number of rotatable bonds is 10. The largest absolute Gasteiger partial charge is 0.490 e. The highest BCUT2D eigenvalue weighted by Crippen LogP contribution is 2.33. The molecule has 1 heterocycles. The van der Waals surface area contributed by atoms with E-state index in [1.807, 2.05) is 106 Å². The monoisotopic (exact) mass is 696 g/mol. The lowest BCUT2D eigenvalue weighted by Gasteiger charge is -2.34. The van der Waals surface area contributed by atoms with Gasteiger partial charge in [0.2, 0.25) is 5.95 Å². The highest BCUT2D eigenvalue weighted by molar-refractivity contribution is 5.94. The number of halogens is 3. The van der Waals surface area contributed by atoms with Crippen molar-refractivity contribution >= 4 is 22.9 Å². The van der Waals surface area contributed by atoms with Crippen molar-refractivity contribution in [2.45, 2.75) is 106 Å². The SMILES string of the molecule is C=C(C)C(F)(F)F.CC.CC.CCCN(C(=O)c1cccc(Cn2c(N)nc3ccc(Oc4ccccc4OCC)cc32)c1)C1CCCCC1. The van der Waals surface area contributed by atoms with Gasteiger partial charge in [0.15, 0.2) is 11.5 Å². The van der Waals surface area contributed by atoms with Crippen LogP contribution in [-0.4, -0.2) is 45.7 Å². The van der Waals surface area contributed by atoms with E-state index in [1.54, 1.807) is 0 Å². The molecule has 0 spiro atoms. The van der Waals surface area contributed by atoms with Crippen molar-refractivity contribution in [1.82, 2.24) is 14.5 Å². The van der Waals surface area contributed by atoms with Gasteiger partial charge in [-0.3, -0.25) is 4.79 Å². The number of fused-ring (bicyclic) bond motifs is 1. The predicted octanol–water partition coefficient (Wildman–Crippen LogP) is 11.2. The summed E-state index contributed by atoms with van der Waals surface area (Å²) in [5.74, 6) is 2.56. The molecule has 0 atom stereocenters. The fourth-order valence-corrected chi connectivity index (χ4v) is 5.52. The molecule has 1 fully saturated rings. The first-order chi connectivity index (χ1) is 24.0. The first kappa shape index (κ1) is 41.7. The lowest BCUT2D eigenvalue weighted by molar-refractivity contribution is -0.0909. The van der Waals surface area contributed by atoms with Gasteiger partial charge in [-0.15, -0.1) is 0 Å². The molecule has 7 nitrogen and oxygen atoms in total. The zero-order valence-corrected chi connectivity index (χ0v) is 30.8. The fourth-order valence-electron chi connectivity index (χ4n) is 5.52. The van der Waals surface area contributed by atoms with Gasteiger partial charge in [0.1, 0.15) is 5.75 Å². The average molecular weight is 697 g/mol. The number of carbonyl (C=O) groups excluding carboxylic acids is 1. The van der Waals surface area contributed by atoms with Crippen molar-refractivity contribution in [3.8, 4) is 17.2 Å². The van der Waals surface area contributed by atoms with Gasteiger partial charge in [0.25, 0.3) is 5.91 Å². The van der Waals surface area contributed by atoms with Gasteiger partial charge in [-0.2, -0.15) is 13.2 Å². The Morgan fingerprint density at radius 2 is 1.60 bits per heavy atom. The van der Waals surface area contributed by atoms with E-state index in [0.717, 1.165) is 54.9 Å². The minimum atomic E-state index is -4.19. The summed E-state index contributed by atoms with van der Waals surface area (Å²) in [4.78, 5) is 20.3. The van der Waals surface area contributed by atoms with Gasteiger partial charge in [-0.25, -0.2) is 4.98 Å². The Morgan fingerprint density at radius 3 is 2.20 bits per heavy atom. The molecule has 1 aliphatic carbocycles. The van der Waals surface area contributed by atoms with Gasteiger partial charge < -0.3 is 24.7 Å². The molecule has 1 amide bonds. The quantitative estimate of drug-likeness (QED) is 0.167. The molecule has 0 bridgehead atoms. The van der Waals surface area contributed by atoms with Gasteiger partial charge in [0.05, 0.1) is 24.2 Å². The molecule has 0 unspecified atom stereocenters. The van der Waals surface area contributed by atoms with Crippen molar-refractivity contribution in [3.05, 3.63) is 90.0 Å². The molecule has 1 aliphatic rings. The molecule has 2 N–H and O–H groups in total. The number of para-hydroxylation sites is 2. The van der Waals surface area contributed by atoms with Crippen LogP contribution in [0.25, 0.3) is 11.0 Å². The third-order valence-corrected chi connectivity index (χ3v) is 7.87. The van der Waals surface area contributed by atoms with Crippen molar-refractivity contribution in [2.24, 2.45) is 0 Å². The third-order valence-electron chi connectivity index (χ3n) is 7.87. The Labute approximate surface area is 296 Å². The summed E-state index contributed by atoms with van der Waals surface area (Å²) in [6, 6.07) is 21.6. The van der Waals surface area contributed by atoms with Crippen LogP contribution >= 0.6 is 0 Å². The van der Waals surface area contributed by atoms with Crippen molar-refractivity contribution in [2.75, 3.05) is 18.9 Å². The van der Waals surface area contributed by atoms with Gasteiger partial charge in [-0.05, 0) is 75.1 Å². The van der Waals surface area contributed by atoms with Crippen molar-refractivity contribution < 1.29 is 27.4 Å². The summed E-state index contributed by atoms with van der Waals surface area (Å²) < 4.78 is 47.1. The molecular formula is C40H55F3N4O3. The number of nitrogens with zero attached hydrogens (tertiary/aromatic N) is 3. The number of nitrogen functional groups attached to an aromatic ring is 1. The van der Waals surface area contributed by atoms with Crippen LogP contribution in [0.4, 0.5) is 19.1 Å². The second kappa shape index (κ2) is 20.9. The molecule has 4 aromatic rings. The minimum Gasteiger partial charge on any atom is -0.490 e. The topological polar surface area (TPSA) is 82.6 Å². The second-order valence-electron chi connectivity index (χ2n) is 11.5. The maximum absolute atomic E-state index is 13.6. The molecular weight excluding hydrogens is 641 g/mol. The number of anilines is 1. The molecule has 1 aromatic heterocycles. The summed E-state index contributed by atoms with van der Waals surface area (Å²) in [7, 11) is 0. The minimum absolute atomic E-state index is 0.123. The molecule has 5 rings (SSSR count). The number of benzene rings is 3. The van der Waals surface area contributed by atoms with Crippen LogP contribution in [0.2, 0.25) is 0 Å². The Morgan fingerprint density at radius 1 is 0.960 bits per heavy atom. The number of hydrogen-bond donors (Lipinski definition) is 1. The van der Waals surface area contributed by atoms with E-state index in [9.17, 15) is 18.0 Å². The van der Waals surface area contributed by atoms with Crippen molar-refractivity contribution in [3.63, 3.8) is 0 Å². The molecule has 10 heteroatoms. The standard InChI is InChI=1S/C32H38N4O3.C4H5F3.2C2H6/c1-3-19-35(25-13-6-5-7-14-25)31(37)24-12-10-11-23(20-24)22-36-28-21-26(17-18-27(28)34-32(36)33)39-30-16-9-8-15-29(30)38-4-2;1-3(2)4(5,6)7;2*1-2/h8-12,15-18,20-21,25H,3-7,13-14,19,22H2,1-2H3,(H2,33,34);1H2,2H3;2*1-2H3. The molecule has 50 heavy (non-hydrogen) atoms. The van der Waals surface area contributed by atoms with E-state index in [4.69, 9.17) is 15.2 Å². The summed E-state index contributed by atoms with van der Waals surface area (Å²) in [6.07, 6.45) is 2.64.